The third-order valence-corrected chi connectivity index (χ3v) is 10.1. The van der Waals surface area contributed by atoms with Crippen LogP contribution in [0.1, 0.15) is 52.0 Å². The summed E-state index contributed by atoms with van der Waals surface area (Å²) in [6.45, 7) is 1.15. The van der Waals surface area contributed by atoms with Gasteiger partial charge in [-0.1, -0.05) is 29.3 Å². The van der Waals surface area contributed by atoms with Crippen molar-refractivity contribution in [3.63, 3.8) is 0 Å². The summed E-state index contributed by atoms with van der Waals surface area (Å²) < 4.78 is 29.5. The number of carboxylic acid groups (broad SMARTS) is 1. The van der Waals surface area contributed by atoms with E-state index in [4.69, 9.17) is 32.7 Å². The highest BCUT2D eigenvalue weighted by Gasteiger charge is 2.40. The number of hydrogen-bond donors (Lipinski definition) is 1. The molecule has 47 heavy (non-hydrogen) atoms. The van der Waals surface area contributed by atoms with E-state index in [2.05, 4.69) is 9.88 Å². The van der Waals surface area contributed by atoms with Crippen molar-refractivity contribution in [2.75, 3.05) is 31.4 Å². The Kier molecular flexibility index (Phi) is 7.46. The molecule has 2 bridgehead atoms. The summed E-state index contributed by atoms with van der Waals surface area (Å²) in [7, 11) is 0. The largest absolute Gasteiger partial charge is 0.478 e. The molecule has 1 N–H and O–H groups in total. The lowest BCUT2D eigenvalue weighted by Gasteiger charge is -2.38. The molecule has 3 fully saturated rings. The number of ether oxygens (including phenoxy) is 2. The summed E-state index contributed by atoms with van der Waals surface area (Å²) in [5.74, 6) is -1.66. The Morgan fingerprint density at radius 3 is 2.53 bits per heavy atom. The minimum absolute atomic E-state index is 0.0448. The molecule has 2 aromatic heterocycles. The van der Waals surface area contributed by atoms with Crippen molar-refractivity contribution in [3.05, 3.63) is 105 Å². The lowest BCUT2D eigenvalue weighted by Crippen LogP contribution is -2.46. The van der Waals surface area contributed by atoms with E-state index in [0.717, 1.165) is 41.1 Å². The smallest absolute Gasteiger partial charge is 0.337 e. The summed E-state index contributed by atoms with van der Waals surface area (Å²) in [6.07, 6.45) is 10.2. The maximum Gasteiger partial charge on any atom is 0.337 e. The fourth-order valence-electron chi connectivity index (χ4n) is 7.29. The van der Waals surface area contributed by atoms with Gasteiger partial charge < -0.3 is 28.8 Å². The molecule has 0 spiro atoms. The van der Waals surface area contributed by atoms with E-state index in [1.807, 2.05) is 28.8 Å². The van der Waals surface area contributed by atoms with Crippen LogP contribution < -0.4 is 4.90 Å². The maximum absolute atomic E-state index is 15.7. The molecule has 12 heteroatoms. The van der Waals surface area contributed by atoms with Crippen LogP contribution in [-0.2, 0) is 9.47 Å². The van der Waals surface area contributed by atoms with Crippen LogP contribution in [0.4, 0.5) is 10.1 Å². The highest BCUT2D eigenvalue weighted by Crippen LogP contribution is 2.43. The van der Waals surface area contributed by atoms with E-state index < -0.39 is 11.8 Å². The Morgan fingerprint density at radius 2 is 1.79 bits per heavy atom. The molecule has 1 amide bonds. The Balaban J connectivity index is 1.08. The minimum Gasteiger partial charge on any atom is -0.478 e. The van der Waals surface area contributed by atoms with Crippen LogP contribution in [0, 0.1) is 5.82 Å². The van der Waals surface area contributed by atoms with Crippen LogP contribution in [0.25, 0.3) is 22.2 Å². The zero-order valence-electron chi connectivity index (χ0n) is 25.1. The van der Waals surface area contributed by atoms with Gasteiger partial charge in [0.05, 0.1) is 76.7 Å². The molecule has 240 valence electrons. The number of rotatable bonds is 5. The Labute approximate surface area is 279 Å². The van der Waals surface area contributed by atoms with Gasteiger partial charge in [0.2, 0.25) is 0 Å². The fraction of sp³-hybridized carbons (Fsp3) is 0.286. The number of benzene rings is 2. The predicted molar refractivity (Wildman–Crippen MR) is 175 cm³/mol. The number of aromatic carboxylic acids is 1. The van der Waals surface area contributed by atoms with Crippen LogP contribution in [0.5, 0.6) is 0 Å². The van der Waals surface area contributed by atoms with Crippen LogP contribution in [-0.4, -0.2) is 69.8 Å². The number of allylic oxidation sites excluding steroid dienone is 2. The maximum atomic E-state index is 15.7. The first kappa shape index (κ1) is 30.0. The van der Waals surface area contributed by atoms with E-state index in [0.29, 0.717) is 48.6 Å². The van der Waals surface area contributed by atoms with E-state index in [9.17, 15) is 14.7 Å². The average molecular weight is 676 g/mol. The molecule has 3 saturated heterocycles. The molecular weight excluding hydrogens is 646 g/mol. The molecule has 2 unspecified atom stereocenters. The highest BCUT2D eigenvalue weighted by atomic mass is 35.5. The van der Waals surface area contributed by atoms with Gasteiger partial charge in [-0.2, -0.15) is 0 Å². The molecule has 1 aliphatic carbocycles. The molecule has 8 rings (SSSR count). The summed E-state index contributed by atoms with van der Waals surface area (Å²) >= 11 is 13.4. The van der Waals surface area contributed by atoms with E-state index >= 15 is 4.39 Å². The number of fused-ring (bicyclic) bond motifs is 4. The molecule has 0 saturated carbocycles. The highest BCUT2D eigenvalue weighted by molar-refractivity contribution is 6.40. The number of aromatic nitrogens is 2. The van der Waals surface area contributed by atoms with Gasteiger partial charge >= 0.3 is 5.97 Å². The number of carbonyl (C=O) groups is 2. The van der Waals surface area contributed by atoms with Crippen molar-refractivity contribution >= 4 is 51.9 Å². The number of carbonyl (C=O) groups excluding carboxylic acids is 1. The SMILES string of the molecule is O=C(O)c1cc(F)c(C2=C3OCN(C(=O)c4c(Cl)cc(-c5ccn6cncc6c5)cc4Cl)CC3=CCC2)cc1N1C2CCC1COC2. The van der Waals surface area contributed by atoms with E-state index in [-0.39, 0.29) is 52.4 Å². The van der Waals surface area contributed by atoms with E-state index in [1.54, 1.807) is 30.7 Å². The minimum atomic E-state index is -1.17. The summed E-state index contributed by atoms with van der Waals surface area (Å²) in [5, 5.41) is 10.4. The van der Waals surface area contributed by atoms with Gasteiger partial charge in [-0.3, -0.25) is 4.79 Å². The summed E-state index contributed by atoms with van der Waals surface area (Å²) in [4.78, 5) is 33.8. The Morgan fingerprint density at radius 1 is 1.02 bits per heavy atom. The van der Waals surface area contributed by atoms with Crippen molar-refractivity contribution in [2.45, 2.75) is 37.8 Å². The number of imidazole rings is 1. The number of anilines is 1. The van der Waals surface area contributed by atoms with Crippen LogP contribution in [0.2, 0.25) is 10.0 Å². The average Bonchev–Trinajstić information content (AvgIpc) is 3.63. The zero-order valence-corrected chi connectivity index (χ0v) is 26.6. The van der Waals surface area contributed by atoms with Crippen LogP contribution >= 0.6 is 23.2 Å². The molecule has 4 aromatic rings. The molecule has 4 aliphatic rings. The number of pyridine rings is 1. The first-order valence-electron chi connectivity index (χ1n) is 15.5. The third-order valence-electron chi connectivity index (χ3n) is 9.53. The number of hydrogen-bond acceptors (Lipinski definition) is 6. The van der Waals surface area contributed by atoms with Crippen molar-refractivity contribution < 1.29 is 28.6 Å². The van der Waals surface area contributed by atoms with Crippen molar-refractivity contribution in [2.24, 2.45) is 0 Å². The van der Waals surface area contributed by atoms with Gasteiger partial charge in [-0.25, -0.2) is 14.2 Å². The van der Waals surface area contributed by atoms with Gasteiger partial charge in [-0.15, -0.1) is 0 Å². The molecule has 5 heterocycles. The predicted octanol–water partition coefficient (Wildman–Crippen LogP) is 7.07. The molecule has 3 aliphatic heterocycles. The number of nitrogens with zero attached hydrogens (tertiary/aromatic N) is 4. The standard InChI is InChI=1S/C35H29Cl2FN4O5/c36-28-9-21(19-6-7-40-17-39-13-24(40)8-19)10-29(37)32(28)34(43)41-14-20-2-1-3-25(33(20)47-18-41)26-12-31(27(35(44)45)11-30(26)38)42-22-4-5-23(42)16-46-15-22/h2,6-13,17,22-23H,1,3-5,14-16,18H2,(H,44,45). The van der Waals surface area contributed by atoms with Gasteiger partial charge in [0.15, 0.2) is 6.73 Å². The Bertz CT molecular complexity index is 2000. The first-order valence-corrected chi connectivity index (χ1v) is 16.2. The van der Waals surface area contributed by atoms with Crippen molar-refractivity contribution in [1.29, 1.82) is 0 Å². The topological polar surface area (TPSA) is 96.6 Å². The molecule has 2 aromatic carbocycles. The second-order valence-electron chi connectivity index (χ2n) is 12.3. The van der Waals surface area contributed by atoms with Crippen molar-refractivity contribution in [3.8, 4) is 11.1 Å². The molecular formula is C35H29Cl2FN4O5. The van der Waals surface area contributed by atoms with Gasteiger partial charge in [-0.05, 0) is 73.2 Å². The first-order chi connectivity index (χ1) is 22.8. The number of halogens is 3. The summed E-state index contributed by atoms with van der Waals surface area (Å²) in [5.41, 5.74) is 4.88. The number of morpholine rings is 1. The van der Waals surface area contributed by atoms with Crippen molar-refractivity contribution in [1.82, 2.24) is 14.3 Å². The van der Waals surface area contributed by atoms with Gasteiger partial charge in [0.25, 0.3) is 5.91 Å². The number of carboxylic acids is 1. The second kappa shape index (κ2) is 11.7. The molecule has 9 nitrogen and oxygen atoms in total. The summed E-state index contributed by atoms with van der Waals surface area (Å²) in [6, 6.07) is 10.2. The molecule has 2 atom stereocenters. The second-order valence-corrected chi connectivity index (χ2v) is 13.1. The number of amides is 1. The molecule has 0 radical (unpaired) electrons. The van der Waals surface area contributed by atoms with E-state index in [1.165, 1.54) is 4.90 Å². The lowest BCUT2D eigenvalue weighted by molar-refractivity contribution is 0.0388. The monoisotopic (exact) mass is 674 g/mol. The Hall–Kier alpha value is -4.38. The van der Waals surface area contributed by atoms with Gasteiger partial charge in [0.1, 0.15) is 11.6 Å². The zero-order chi connectivity index (χ0) is 32.4. The third kappa shape index (κ3) is 5.15. The fourth-order valence-corrected chi connectivity index (χ4v) is 7.94. The van der Waals surface area contributed by atoms with Gasteiger partial charge in [0, 0.05) is 22.9 Å². The van der Waals surface area contributed by atoms with Crippen LogP contribution in [0.3, 0.4) is 0 Å². The normalized spacial score (nSPS) is 20.7. The quantitative estimate of drug-likeness (QED) is 0.242. The van der Waals surface area contributed by atoms with Crippen LogP contribution in [0.15, 0.2) is 72.5 Å². The lowest BCUT2D eigenvalue weighted by atomic mass is 9.89.